The summed E-state index contributed by atoms with van der Waals surface area (Å²) in [5.74, 6) is -2.12. The third-order valence-electron chi connectivity index (χ3n) is 3.36. The molecule has 0 saturated carbocycles. The average Bonchev–Trinajstić information content (AvgIpc) is 2.56. The van der Waals surface area contributed by atoms with Gasteiger partial charge in [0.15, 0.2) is 0 Å². The van der Waals surface area contributed by atoms with Gasteiger partial charge < -0.3 is 10.1 Å². The first-order valence-electron chi connectivity index (χ1n) is 7.48. The van der Waals surface area contributed by atoms with E-state index >= 15 is 0 Å². The lowest BCUT2D eigenvalue weighted by Gasteiger charge is -2.20. The third kappa shape index (κ3) is 6.26. The highest BCUT2D eigenvalue weighted by atomic mass is 35.5. The van der Waals surface area contributed by atoms with E-state index in [9.17, 15) is 18.0 Å². The van der Waals surface area contributed by atoms with Gasteiger partial charge in [-0.1, -0.05) is 41.9 Å². The van der Waals surface area contributed by atoms with Crippen molar-refractivity contribution in [3.63, 3.8) is 0 Å². The minimum absolute atomic E-state index is 0.0615. The van der Waals surface area contributed by atoms with Gasteiger partial charge in [-0.05, 0) is 5.56 Å². The second-order valence-corrected chi connectivity index (χ2v) is 5.68. The van der Waals surface area contributed by atoms with E-state index in [4.69, 9.17) is 16.3 Å². The van der Waals surface area contributed by atoms with Crippen molar-refractivity contribution in [2.45, 2.75) is 18.5 Å². The Hall–Kier alpha value is -2.28. The van der Waals surface area contributed by atoms with Gasteiger partial charge in [0, 0.05) is 18.7 Å². The second kappa shape index (κ2) is 8.71. The molecule has 0 unspecified atom stereocenters. The summed E-state index contributed by atoms with van der Waals surface area (Å²) in [5.41, 5.74) is 0.0615. The van der Waals surface area contributed by atoms with Crippen LogP contribution in [0.25, 0.3) is 0 Å². The number of hydrogen-bond acceptors (Lipinski definition) is 3. The molecular formula is C17H16ClF3N2O2. The van der Waals surface area contributed by atoms with Crippen LogP contribution in [0, 0.1) is 0 Å². The van der Waals surface area contributed by atoms with Gasteiger partial charge in [0.05, 0.1) is 23.7 Å². The van der Waals surface area contributed by atoms with Gasteiger partial charge in [-0.3, -0.25) is 9.78 Å². The highest BCUT2D eigenvalue weighted by molar-refractivity contribution is 6.30. The molecule has 2 aromatic rings. The SMILES string of the molecule is O=C(C[C@@H](c1ccccc1)C(F)(F)F)NCCOc1cncc(Cl)c1. The predicted molar refractivity (Wildman–Crippen MR) is 87.6 cm³/mol. The molecule has 1 amide bonds. The van der Waals surface area contributed by atoms with Gasteiger partial charge in [-0.25, -0.2) is 0 Å². The number of hydrogen-bond donors (Lipinski definition) is 1. The van der Waals surface area contributed by atoms with E-state index in [2.05, 4.69) is 10.3 Å². The van der Waals surface area contributed by atoms with Crippen LogP contribution in [-0.4, -0.2) is 30.2 Å². The van der Waals surface area contributed by atoms with E-state index in [1.165, 1.54) is 36.7 Å². The van der Waals surface area contributed by atoms with Gasteiger partial charge in [-0.15, -0.1) is 0 Å². The molecule has 0 fully saturated rings. The van der Waals surface area contributed by atoms with Crippen LogP contribution < -0.4 is 10.1 Å². The van der Waals surface area contributed by atoms with Gasteiger partial charge in [-0.2, -0.15) is 13.2 Å². The number of alkyl halides is 3. The molecule has 0 spiro atoms. The Labute approximate surface area is 148 Å². The van der Waals surface area contributed by atoms with E-state index in [1.54, 1.807) is 12.1 Å². The fourth-order valence-corrected chi connectivity index (χ4v) is 2.36. The van der Waals surface area contributed by atoms with Gasteiger partial charge in [0.1, 0.15) is 12.4 Å². The monoisotopic (exact) mass is 372 g/mol. The van der Waals surface area contributed by atoms with Crippen LogP contribution in [0.3, 0.4) is 0 Å². The van der Waals surface area contributed by atoms with Crippen molar-refractivity contribution in [3.8, 4) is 5.75 Å². The number of aromatic nitrogens is 1. The first-order valence-corrected chi connectivity index (χ1v) is 7.86. The fourth-order valence-electron chi connectivity index (χ4n) is 2.20. The quantitative estimate of drug-likeness (QED) is 0.748. The van der Waals surface area contributed by atoms with Crippen LogP contribution in [-0.2, 0) is 4.79 Å². The van der Waals surface area contributed by atoms with Gasteiger partial charge >= 0.3 is 6.18 Å². The molecule has 0 aliphatic heterocycles. The zero-order valence-electron chi connectivity index (χ0n) is 13.1. The third-order valence-corrected chi connectivity index (χ3v) is 3.57. The summed E-state index contributed by atoms with van der Waals surface area (Å²) in [7, 11) is 0. The molecule has 1 aromatic carbocycles. The Kier molecular flexibility index (Phi) is 6.64. The normalized spacial score (nSPS) is 12.5. The zero-order valence-corrected chi connectivity index (χ0v) is 13.8. The smallest absolute Gasteiger partial charge is 0.396 e. The molecule has 134 valence electrons. The Balaban J connectivity index is 1.83. The van der Waals surface area contributed by atoms with Crippen LogP contribution in [0.5, 0.6) is 5.75 Å². The van der Waals surface area contributed by atoms with Gasteiger partial charge in [0.25, 0.3) is 0 Å². The lowest BCUT2D eigenvalue weighted by molar-refractivity contribution is -0.157. The number of carbonyl (C=O) groups excluding carboxylic acids is 1. The first-order chi connectivity index (χ1) is 11.9. The summed E-state index contributed by atoms with van der Waals surface area (Å²) in [6.07, 6.45) is -2.28. The Morgan fingerprint density at radius 2 is 1.96 bits per heavy atom. The standard InChI is InChI=1S/C17H16ClF3N2O2/c18-13-8-14(11-22-10-13)25-7-6-23-16(24)9-15(17(19,20)21)12-4-2-1-3-5-12/h1-5,8,10-11,15H,6-7,9H2,(H,23,24)/t15-/m0/s1. The highest BCUT2D eigenvalue weighted by Gasteiger charge is 2.41. The van der Waals surface area contributed by atoms with E-state index in [1.807, 2.05) is 0 Å². The van der Waals surface area contributed by atoms with Gasteiger partial charge in [0.2, 0.25) is 5.91 Å². The lowest BCUT2D eigenvalue weighted by Crippen LogP contribution is -2.32. The number of amides is 1. The molecule has 2 rings (SSSR count). The predicted octanol–water partition coefficient (Wildman–Crippen LogP) is 3.97. The maximum Gasteiger partial charge on any atom is 0.396 e. The van der Waals surface area contributed by atoms with E-state index in [0.29, 0.717) is 10.8 Å². The first kappa shape index (κ1) is 19.1. The average molecular weight is 373 g/mol. The number of nitrogens with one attached hydrogen (secondary N) is 1. The van der Waals surface area contributed by atoms with Crippen molar-refractivity contribution < 1.29 is 22.7 Å². The Bertz CT molecular complexity index is 696. The minimum Gasteiger partial charge on any atom is -0.490 e. The molecule has 4 nitrogen and oxygen atoms in total. The number of ether oxygens (including phenoxy) is 1. The molecular weight excluding hydrogens is 357 g/mol. The van der Waals surface area contributed by atoms with Crippen molar-refractivity contribution in [2.75, 3.05) is 13.2 Å². The molecule has 0 bridgehead atoms. The number of carbonyl (C=O) groups is 1. The number of halogens is 4. The maximum atomic E-state index is 13.2. The number of nitrogens with zero attached hydrogens (tertiary/aromatic N) is 1. The molecule has 1 heterocycles. The van der Waals surface area contributed by atoms with E-state index in [-0.39, 0.29) is 18.7 Å². The molecule has 0 aliphatic carbocycles. The molecule has 25 heavy (non-hydrogen) atoms. The number of benzene rings is 1. The molecule has 1 aromatic heterocycles. The summed E-state index contributed by atoms with van der Waals surface area (Å²) in [4.78, 5) is 15.7. The van der Waals surface area contributed by atoms with Crippen LogP contribution in [0.4, 0.5) is 13.2 Å². The van der Waals surface area contributed by atoms with E-state index < -0.39 is 24.4 Å². The van der Waals surface area contributed by atoms with Crippen LogP contribution in [0.2, 0.25) is 5.02 Å². The fraction of sp³-hybridized carbons (Fsp3) is 0.294. The molecule has 8 heteroatoms. The molecule has 0 aliphatic rings. The second-order valence-electron chi connectivity index (χ2n) is 5.25. The lowest BCUT2D eigenvalue weighted by atomic mass is 9.95. The minimum atomic E-state index is -4.50. The van der Waals surface area contributed by atoms with Crippen molar-refractivity contribution in [1.29, 1.82) is 0 Å². The Morgan fingerprint density at radius 3 is 2.60 bits per heavy atom. The Morgan fingerprint density at radius 1 is 1.24 bits per heavy atom. The largest absolute Gasteiger partial charge is 0.490 e. The molecule has 1 atom stereocenters. The maximum absolute atomic E-state index is 13.2. The van der Waals surface area contributed by atoms with Crippen molar-refractivity contribution in [2.24, 2.45) is 0 Å². The number of rotatable bonds is 7. The summed E-state index contributed by atoms with van der Waals surface area (Å²) < 4.78 is 44.9. The molecule has 0 saturated heterocycles. The van der Waals surface area contributed by atoms with Crippen LogP contribution in [0.1, 0.15) is 17.9 Å². The van der Waals surface area contributed by atoms with Crippen molar-refractivity contribution in [3.05, 3.63) is 59.4 Å². The van der Waals surface area contributed by atoms with Crippen LogP contribution in [0.15, 0.2) is 48.8 Å². The summed E-state index contributed by atoms with van der Waals surface area (Å²) >= 11 is 5.75. The summed E-state index contributed by atoms with van der Waals surface area (Å²) in [6.45, 7) is 0.167. The highest BCUT2D eigenvalue weighted by Crippen LogP contribution is 2.37. The molecule has 0 radical (unpaired) electrons. The van der Waals surface area contributed by atoms with Crippen molar-refractivity contribution >= 4 is 17.5 Å². The van der Waals surface area contributed by atoms with E-state index in [0.717, 1.165) is 0 Å². The summed E-state index contributed by atoms with van der Waals surface area (Å²) in [6, 6.07) is 8.92. The summed E-state index contributed by atoms with van der Waals surface area (Å²) in [5, 5.41) is 2.82. The van der Waals surface area contributed by atoms with Crippen LogP contribution >= 0.6 is 11.6 Å². The zero-order chi connectivity index (χ0) is 18.3. The van der Waals surface area contributed by atoms with Crippen molar-refractivity contribution in [1.82, 2.24) is 10.3 Å². The molecule has 1 N–H and O–H groups in total. The topological polar surface area (TPSA) is 51.2 Å². The number of pyridine rings is 1.